The average Bonchev–Trinajstić information content (AvgIpc) is 2.58. The van der Waals surface area contributed by atoms with E-state index in [1.54, 1.807) is 0 Å². The van der Waals surface area contributed by atoms with Crippen molar-refractivity contribution in [3.05, 3.63) is 42.0 Å². The van der Waals surface area contributed by atoms with E-state index in [0.29, 0.717) is 5.92 Å². The van der Waals surface area contributed by atoms with Gasteiger partial charge in [-0.15, -0.1) is 0 Å². The van der Waals surface area contributed by atoms with E-state index >= 15 is 0 Å². The SMILES string of the molecule is Nc1ccc(C2C=CCC2)cc1. The Kier molecular flexibility index (Phi) is 1.86. The zero-order valence-electron chi connectivity index (χ0n) is 7.03. The van der Waals surface area contributed by atoms with Gasteiger partial charge >= 0.3 is 0 Å². The largest absolute Gasteiger partial charge is 0.399 e. The molecule has 0 saturated heterocycles. The fourth-order valence-electron chi connectivity index (χ4n) is 1.65. The van der Waals surface area contributed by atoms with Crippen molar-refractivity contribution in [2.24, 2.45) is 0 Å². The average molecular weight is 159 g/mol. The quantitative estimate of drug-likeness (QED) is 0.495. The van der Waals surface area contributed by atoms with Gasteiger partial charge in [0.25, 0.3) is 0 Å². The lowest BCUT2D eigenvalue weighted by Crippen LogP contribution is -1.91. The van der Waals surface area contributed by atoms with Crippen LogP contribution in [0, 0.1) is 0 Å². The van der Waals surface area contributed by atoms with Gasteiger partial charge in [-0.2, -0.15) is 0 Å². The van der Waals surface area contributed by atoms with Crippen molar-refractivity contribution in [3.8, 4) is 0 Å². The number of hydrogen-bond donors (Lipinski definition) is 1. The molecule has 0 bridgehead atoms. The summed E-state index contributed by atoms with van der Waals surface area (Å²) in [7, 11) is 0. The van der Waals surface area contributed by atoms with Gasteiger partial charge in [-0.3, -0.25) is 0 Å². The van der Waals surface area contributed by atoms with Crippen LogP contribution in [0.5, 0.6) is 0 Å². The topological polar surface area (TPSA) is 26.0 Å². The van der Waals surface area contributed by atoms with E-state index in [0.717, 1.165) is 5.69 Å². The van der Waals surface area contributed by atoms with E-state index in [1.165, 1.54) is 18.4 Å². The monoisotopic (exact) mass is 159 g/mol. The molecular weight excluding hydrogens is 146 g/mol. The van der Waals surface area contributed by atoms with Crippen LogP contribution < -0.4 is 5.73 Å². The fourth-order valence-corrected chi connectivity index (χ4v) is 1.65. The first-order valence-corrected chi connectivity index (χ1v) is 4.38. The molecule has 2 N–H and O–H groups in total. The summed E-state index contributed by atoms with van der Waals surface area (Å²) in [6.07, 6.45) is 7.01. The van der Waals surface area contributed by atoms with Crippen LogP contribution in [0.2, 0.25) is 0 Å². The van der Waals surface area contributed by atoms with E-state index < -0.39 is 0 Å². The summed E-state index contributed by atoms with van der Waals surface area (Å²) in [5.74, 6) is 0.630. The van der Waals surface area contributed by atoms with Gasteiger partial charge < -0.3 is 5.73 Å². The Morgan fingerprint density at radius 2 is 1.92 bits per heavy atom. The highest BCUT2D eigenvalue weighted by atomic mass is 14.5. The molecule has 0 radical (unpaired) electrons. The Morgan fingerprint density at radius 3 is 2.50 bits per heavy atom. The third kappa shape index (κ3) is 1.35. The highest BCUT2D eigenvalue weighted by Gasteiger charge is 2.10. The minimum Gasteiger partial charge on any atom is -0.399 e. The molecule has 1 aliphatic carbocycles. The number of rotatable bonds is 1. The number of nitrogens with two attached hydrogens (primary N) is 1. The van der Waals surface area contributed by atoms with E-state index in [1.807, 2.05) is 12.1 Å². The summed E-state index contributed by atoms with van der Waals surface area (Å²) >= 11 is 0. The van der Waals surface area contributed by atoms with Crippen molar-refractivity contribution in [3.63, 3.8) is 0 Å². The van der Waals surface area contributed by atoms with Crippen LogP contribution in [0.25, 0.3) is 0 Å². The summed E-state index contributed by atoms with van der Waals surface area (Å²) < 4.78 is 0. The molecule has 1 aliphatic rings. The van der Waals surface area contributed by atoms with Gasteiger partial charge in [0, 0.05) is 11.6 Å². The molecule has 1 aromatic carbocycles. The van der Waals surface area contributed by atoms with Gasteiger partial charge in [-0.05, 0) is 30.5 Å². The molecule has 12 heavy (non-hydrogen) atoms. The van der Waals surface area contributed by atoms with Crippen LogP contribution in [0.15, 0.2) is 36.4 Å². The Bertz CT molecular complexity index is 284. The first-order valence-electron chi connectivity index (χ1n) is 4.38. The number of nitrogen functional groups attached to an aromatic ring is 1. The molecule has 2 rings (SSSR count). The molecule has 1 aromatic rings. The van der Waals surface area contributed by atoms with Gasteiger partial charge in [-0.1, -0.05) is 24.3 Å². The first kappa shape index (κ1) is 7.41. The Labute approximate surface area is 72.9 Å². The number of benzene rings is 1. The van der Waals surface area contributed by atoms with E-state index in [-0.39, 0.29) is 0 Å². The second-order valence-electron chi connectivity index (χ2n) is 3.28. The summed E-state index contributed by atoms with van der Waals surface area (Å²) in [4.78, 5) is 0. The Balaban J connectivity index is 2.23. The molecule has 0 amide bonds. The van der Waals surface area contributed by atoms with E-state index in [2.05, 4.69) is 24.3 Å². The fraction of sp³-hybridized carbons (Fsp3) is 0.273. The normalized spacial score (nSPS) is 21.5. The maximum Gasteiger partial charge on any atom is 0.0314 e. The minimum absolute atomic E-state index is 0.630. The first-order chi connectivity index (χ1) is 5.86. The van der Waals surface area contributed by atoms with Crippen LogP contribution in [0.1, 0.15) is 24.3 Å². The third-order valence-corrected chi connectivity index (χ3v) is 2.38. The lowest BCUT2D eigenvalue weighted by atomic mass is 9.99. The number of allylic oxidation sites excluding steroid dienone is 2. The lowest BCUT2D eigenvalue weighted by Gasteiger charge is -2.07. The molecule has 0 saturated carbocycles. The Morgan fingerprint density at radius 1 is 1.17 bits per heavy atom. The van der Waals surface area contributed by atoms with Crippen molar-refractivity contribution in [2.45, 2.75) is 18.8 Å². The molecule has 0 heterocycles. The maximum atomic E-state index is 5.61. The van der Waals surface area contributed by atoms with E-state index in [9.17, 15) is 0 Å². The smallest absolute Gasteiger partial charge is 0.0314 e. The minimum atomic E-state index is 0.630. The molecule has 0 spiro atoms. The molecule has 1 nitrogen and oxygen atoms in total. The van der Waals surface area contributed by atoms with Crippen LogP contribution in [-0.4, -0.2) is 0 Å². The highest BCUT2D eigenvalue weighted by molar-refractivity contribution is 5.41. The summed E-state index contributed by atoms with van der Waals surface area (Å²) in [6, 6.07) is 8.19. The molecule has 1 heteroatoms. The molecule has 0 aromatic heterocycles. The molecule has 0 fully saturated rings. The summed E-state index contributed by atoms with van der Waals surface area (Å²) in [5, 5.41) is 0. The highest BCUT2D eigenvalue weighted by Crippen LogP contribution is 2.28. The van der Waals surface area contributed by atoms with Crippen molar-refractivity contribution in [1.29, 1.82) is 0 Å². The van der Waals surface area contributed by atoms with Gasteiger partial charge in [0.05, 0.1) is 0 Å². The second kappa shape index (κ2) is 3.02. The number of anilines is 1. The predicted octanol–water partition coefficient (Wildman–Crippen LogP) is 2.70. The molecule has 62 valence electrons. The lowest BCUT2D eigenvalue weighted by molar-refractivity contribution is 0.801. The van der Waals surface area contributed by atoms with Gasteiger partial charge in [-0.25, -0.2) is 0 Å². The van der Waals surface area contributed by atoms with Gasteiger partial charge in [0.1, 0.15) is 0 Å². The summed E-state index contributed by atoms with van der Waals surface area (Å²) in [5.41, 5.74) is 7.84. The third-order valence-electron chi connectivity index (χ3n) is 2.38. The van der Waals surface area contributed by atoms with Crippen LogP contribution >= 0.6 is 0 Å². The standard InChI is InChI=1S/C11H13N/c12-11-7-5-10(6-8-11)9-3-1-2-4-9/h1,3,5-9H,2,4,12H2. The van der Waals surface area contributed by atoms with Crippen LogP contribution in [-0.2, 0) is 0 Å². The van der Waals surface area contributed by atoms with E-state index in [4.69, 9.17) is 5.73 Å². The molecule has 1 atom stereocenters. The van der Waals surface area contributed by atoms with Crippen molar-refractivity contribution in [2.75, 3.05) is 5.73 Å². The van der Waals surface area contributed by atoms with Crippen LogP contribution in [0.3, 0.4) is 0 Å². The van der Waals surface area contributed by atoms with Crippen molar-refractivity contribution in [1.82, 2.24) is 0 Å². The zero-order chi connectivity index (χ0) is 8.39. The van der Waals surface area contributed by atoms with Crippen molar-refractivity contribution >= 4 is 5.69 Å². The van der Waals surface area contributed by atoms with Gasteiger partial charge in [0.2, 0.25) is 0 Å². The van der Waals surface area contributed by atoms with Crippen LogP contribution in [0.4, 0.5) is 5.69 Å². The zero-order valence-corrected chi connectivity index (χ0v) is 7.03. The molecule has 0 aliphatic heterocycles. The molecule has 1 unspecified atom stereocenters. The Hall–Kier alpha value is -1.24. The predicted molar refractivity (Wildman–Crippen MR) is 52.0 cm³/mol. The maximum absolute atomic E-state index is 5.61. The summed E-state index contributed by atoms with van der Waals surface area (Å²) in [6.45, 7) is 0. The number of hydrogen-bond acceptors (Lipinski definition) is 1. The van der Waals surface area contributed by atoms with Crippen molar-refractivity contribution < 1.29 is 0 Å². The van der Waals surface area contributed by atoms with Gasteiger partial charge in [0.15, 0.2) is 0 Å². The second-order valence-corrected chi connectivity index (χ2v) is 3.28. The molecular formula is C11H13N.